The van der Waals surface area contributed by atoms with Gasteiger partial charge >= 0.3 is 0 Å². The summed E-state index contributed by atoms with van der Waals surface area (Å²) in [6.07, 6.45) is 5.00. The second kappa shape index (κ2) is 4.92. The molecule has 1 fully saturated rings. The van der Waals surface area contributed by atoms with Crippen molar-refractivity contribution >= 4 is 11.6 Å². The van der Waals surface area contributed by atoms with Gasteiger partial charge in [0.05, 0.1) is 5.54 Å². The molecule has 3 unspecified atom stereocenters. The summed E-state index contributed by atoms with van der Waals surface area (Å²) in [5, 5.41) is 3.27. The number of nitrogens with one attached hydrogen (secondary N) is 1. The van der Waals surface area contributed by atoms with E-state index in [0.29, 0.717) is 18.3 Å². The van der Waals surface area contributed by atoms with Crippen molar-refractivity contribution in [1.82, 2.24) is 5.32 Å². The first kappa shape index (κ1) is 14.5. The van der Waals surface area contributed by atoms with Crippen LogP contribution in [-0.2, 0) is 4.79 Å². The Kier molecular flexibility index (Phi) is 3.76. The first-order valence-electron chi connectivity index (χ1n) is 7.72. The second-order valence-corrected chi connectivity index (χ2v) is 6.95. The number of hydrogen-bond donors (Lipinski definition) is 1. The third-order valence-electron chi connectivity index (χ3n) is 5.24. The SMILES string of the molecule is CCC(=O)NC1(C)CCC2CC1C(CC)=NC2(C)C. The van der Waals surface area contributed by atoms with Crippen LogP contribution >= 0.6 is 0 Å². The molecule has 3 atom stereocenters. The lowest BCUT2D eigenvalue weighted by Gasteiger charge is -2.52. The molecular weight excluding hydrogens is 236 g/mol. The number of carbonyl (C=O) groups excluding carboxylic acids is 1. The van der Waals surface area contributed by atoms with Gasteiger partial charge < -0.3 is 5.32 Å². The van der Waals surface area contributed by atoms with Gasteiger partial charge in [-0.2, -0.15) is 0 Å². The van der Waals surface area contributed by atoms with Crippen LogP contribution in [0.3, 0.4) is 0 Å². The number of aliphatic imine (C=N–C) groups is 1. The molecule has 2 bridgehead atoms. The van der Waals surface area contributed by atoms with Crippen molar-refractivity contribution in [2.45, 2.75) is 77.8 Å². The molecule has 3 nitrogen and oxygen atoms in total. The Bertz CT molecular complexity index is 400. The van der Waals surface area contributed by atoms with E-state index < -0.39 is 0 Å². The van der Waals surface area contributed by atoms with Crippen molar-refractivity contribution in [3.63, 3.8) is 0 Å². The zero-order valence-electron chi connectivity index (χ0n) is 13.0. The molecule has 1 saturated carbocycles. The number of rotatable bonds is 3. The Morgan fingerprint density at radius 3 is 2.63 bits per heavy atom. The molecule has 2 rings (SSSR count). The number of hydrogen-bond acceptors (Lipinski definition) is 2. The van der Waals surface area contributed by atoms with E-state index in [4.69, 9.17) is 4.99 Å². The van der Waals surface area contributed by atoms with E-state index in [9.17, 15) is 4.79 Å². The summed E-state index contributed by atoms with van der Waals surface area (Å²) >= 11 is 0. The van der Waals surface area contributed by atoms with Gasteiger partial charge in [-0.25, -0.2) is 0 Å². The molecular formula is C16H28N2O. The number of fused-ring (bicyclic) bond motifs is 2. The van der Waals surface area contributed by atoms with E-state index >= 15 is 0 Å². The average molecular weight is 264 g/mol. The highest BCUT2D eigenvalue weighted by Crippen LogP contribution is 2.47. The predicted molar refractivity (Wildman–Crippen MR) is 79.5 cm³/mol. The molecule has 108 valence electrons. The van der Waals surface area contributed by atoms with Crippen LogP contribution in [0.5, 0.6) is 0 Å². The van der Waals surface area contributed by atoms with Crippen LogP contribution in [-0.4, -0.2) is 22.7 Å². The van der Waals surface area contributed by atoms with Crippen molar-refractivity contribution in [2.24, 2.45) is 16.8 Å². The fourth-order valence-corrected chi connectivity index (χ4v) is 3.88. The Labute approximate surface area is 117 Å². The highest BCUT2D eigenvalue weighted by Gasteiger charge is 2.49. The summed E-state index contributed by atoms with van der Waals surface area (Å²) in [5.74, 6) is 1.26. The summed E-state index contributed by atoms with van der Waals surface area (Å²) in [4.78, 5) is 16.8. The molecule has 1 heterocycles. The summed E-state index contributed by atoms with van der Waals surface area (Å²) in [5.41, 5.74) is 1.30. The zero-order chi connectivity index (χ0) is 14.3. The van der Waals surface area contributed by atoms with Gasteiger partial charge in [0.2, 0.25) is 5.91 Å². The van der Waals surface area contributed by atoms with E-state index in [2.05, 4.69) is 33.0 Å². The molecule has 0 aromatic carbocycles. The lowest BCUT2D eigenvalue weighted by atomic mass is 9.61. The highest BCUT2D eigenvalue weighted by atomic mass is 16.1. The molecule has 0 aromatic rings. The summed E-state index contributed by atoms with van der Waals surface area (Å²) in [6, 6.07) is 0. The van der Waals surface area contributed by atoms with Crippen molar-refractivity contribution < 1.29 is 4.79 Å². The van der Waals surface area contributed by atoms with Gasteiger partial charge in [-0.3, -0.25) is 9.79 Å². The Morgan fingerprint density at radius 2 is 2.05 bits per heavy atom. The fraction of sp³-hybridized carbons (Fsp3) is 0.875. The number of nitrogens with zero attached hydrogens (tertiary/aromatic N) is 1. The molecule has 19 heavy (non-hydrogen) atoms. The van der Waals surface area contributed by atoms with Crippen LogP contribution in [0.25, 0.3) is 0 Å². The van der Waals surface area contributed by atoms with Crippen LogP contribution in [0, 0.1) is 11.8 Å². The maximum absolute atomic E-state index is 11.8. The standard InChI is InChI=1S/C16H28N2O/c1-6-13-12-10-11(15(3,4)17-13)8-9-16(12,5)18-14(19)7-2/h11-12H,6-10H2,1-5H3,(H,18,19). The smallest absolute Gasteiger partial charge is 0.220 e. The largest absolute Gasteiger partial charge is 0.350 e. The molecule has 0 radical (unpaired) electrons. The third kappa shape index (κ3) is 2.56. The number of amides is 1. The second-order valence-electron chi connectivity index (χ2n) is 6.95. The lowest BCUT2D eigenvalue weighted by molar-refractivity contribution is -0.123. The van der Waals surface area contributed by atoms with E-state index in [1.165, 1.54) is 18.6 Å². The van der Waals surface area contributed by atoms with Gasteiger partial charge in [0.15, 0.2) is 0 Å². The van der Waals surface area contributed by atoms with Crippen LogP contribution in [0.2, 0.25) is 0 Å². The van der Waals surface area contributed by atoms with Crippen LogP contribution < -0.4 is 5.32 Å². The average Bonchev–Trinajstić information content (AvgIpc) is 2.35. The monoisotopic (exact) mass is 264 g/mol. The van der Waals surface area contributed by atoms with Gasteiger partial charge in [-0.15, -0.1) is 0 Å². The van der Waals surface area contributed by atoms with Crippen molar-refractivity contribution in [3.05, 3.63) is 0 Å². The quantitative estimate of drug-likeness (QED) is 0.834. The van der Waals surface area contributed by atoms with Gasteiger partial charge in [-0.05, 0) is 52.4 Å². The first-order chi connectivity index (χ1) is 8.82. The van der Waals surface area contributed by atoms with Crippen LogP contribution in [0.1, 0.15) is 66.7 Å². The van der Waals surface area contributed by atoms with E-state index in [1.807, 2.05) is 6.92 Å². The van der Waals surface area contributed by atoms with Crippen LogP contribution in [0.4, 0.5) is 0 Å². The molecule has 2 aliphatic rings. The van der Waals surface area contributed by atoms with Crippen molar-refractivity contribution in [1.29, 1.82) is 0 Å². The Hall–Kier alpha value is -0.860. The molecule has 1 aliphatic heterocycles. The molecule has 0 saturated heterocycles. The van der Waals surface area contributed by atoms with Gasteiger partial charge in [0.25, 0.3) is 0 Å². The van der Waals surface area contributed by atoms with Crippen molar-refractivity contribution in [2.75, 3.05) is 0 Å². The molecule has 0 aromatic heterocycles. The Morgan fingerprint density at radius 1 is 1.37 bits per heavy atom. The fourth-order valence-electron chi connectivity index (χ4n) is 3.88. The van der Waals surface area contributed by atoms with E-state index in [-0.39, 0.29) is 17.0 Å². The third-order valence-corrected chi connectivity index (χ3v) is 5.24. The molecule has 3 heteroatoms. The summed E-state index contributed by atoms with van der Waals surface area (Å²) in [6.45, 7) is 10.8. The first-order valence-corrected chi connectivity index (χ1v) is 7.72. The number of carbonyl (C=O) groups is 1. The van der Waals surface area contributed by atoms with Crippen LogP contribution in [0.15, 0.2) is 4.99 Å². The van der Waals surface area contributed by atoms with Gasteiger partial charge in [0, 0.05) is 23.6 Å². The lowest BCUT2D eigenvalue weighted by Crippen LogP contribution is -2.60. The van der Waals surface area contributed by atoms with Crippen molar-refractivity contribution in [3.8, 4) is 0 Å². The Balaban J connectivity index is 2.30. The predicted octanol–water partition coefficient (Wildman–Crippen LogP) is 3.33. The van der Waals surface area contributed by atoms with Gasteiger partial charge in [0.1, 0.15) is 0 Å². The normalized spacial score (nSPS) is 36.6. The van der Waals surface area contributed by atoms with Gasteiger partial charge in [-0.1, -0.05) is 13.8 Å². The minimum Gasteiger partial charge on any atom is -0.350 e. The minimum absolute atomic E-state index is 0.0813. The zero-order valence-corrected chi connectivity index (χ0v) is 13.0. The molecule has 0 spiro atoms. The maximum atomic E-state index is 11.8. The maximum Gasteiger partial charge on any atom is 0.220 e. The minimum atomic E-state index is -0.0884. The molecule has 1 amide bonds. The topological polar surface area (TPSA) is 41.5 Å². The summed E-state index contributed by atoms with van der Waals surface area (Å²) < 4.78 is 0. The molecule has 1 aliphatic carbocycles. The molecule has 1 N–H and O–H groups in total. The van der Waals surface area contributed by atoms with E-state index in [1.54, 1.807) is 0 Å². The highest BCUT2D eigenvalue weighted by molar-refractivity contribution is 5.90. The summed E-state index contributed by atoms with van der Waals surface area (Å²) in [7, 11) is 0. The van der Waals surface area contributed by atoms with E-state index in [0.717, 1.165) is 12.8 Å².